The number of aliphatic imine (C=N–C) groups is 1. The lowest BCUT2D eigenvalue weighted by Crippen LogP contribution is -2.29. The Morgan fingerprint density at radius 2 is 2.03 bits per heavy atom. The van der Waals surface area contributed by atoms with Gasteiger partial charge in [0, 0.05) is 23.1 Å². The van der Waals surface area contributed by atoms with Crippen molar-refractivity contribution in [1.82, 2.24) is 10.2 Å². The van der Waals surface area contributed by atoms with Crippen molar-refractivity contribution in [3.8, 4) is 0 Å². The van der Waals surface area contributed by atoms with E-state index in [0.29, 0.717) is 23.8 Å². The molecule has 1 aromatic carbocycles. The number of carbonyl (C=O) groups is 1. The highest BCUT2D eigenvalue weighted by Crippen LogP contribution is 2.37. The number of fused-ring (bicyclic) bond motifs is 1. The van der Waals surface area contributed by atoms with E-state index in [4.69, 9.17) is 10.3 Å². The number of hydrazone groups is 1. The molecule has 0 saturated heterocycles. The van der Waals surface area contributed by atoms with Gasteiger partial charge in [0.2, 0.25) is 5.88 Å². The highest BCUT2D eigenvalue weighted by atomic mass is 16.5. The molecule has 31 heavy (non-hydrogen) atoms. The molecule has 0 saturated carbocycles. The van der Waals surface area contributed by atoms with Crippen LogP contribution in [-0.2, 0) is 5.41 Å². The summed E-state index contributed by atoms with van der Waals surface area (Å²) in [7, 11) is 0. The van der Waals surface area contributed by atoms with Crippen molar-refractivity contribution in [1.29, 1.82) is 0 Å². The number of benzene rings is 1. The molecule has 1 atom stereocenters. The van der Waals surface area contributed by atoms with Gasteiger partial charge >= 0.3 is 6.03 Å². The van der Waals surface area contributed by atoms with Gasteiger partial charge in [-0.1, -0.05) is 38.1 Å². The SMILES string of the molecule is CC(C)(C)c1cc(NC(=O)Nc2ccc(C3=C4C(N)=NC=NN4CC3CO)cc2)on1. The van der Waals surface area contributed by atoms with Crippen molar-refractivity contribution in [2.75, 3.05) is 23.8 Å². The van der Waals surface area contributed by atoms with E-state index in [9.17, 15) is 9.90 Å². The first kappa shape index (κ1) is 20.6. The molecule has 2 aliphatic rings. The third-order valence-corrected chi connectivity index (χ3v) is 5.13. The Morgan fingerprint density at radius 1 is 1.29 bits per heavy atom. The summed E-state index contributed by atoms with van der Waals surface area (Å²) < 4.78 is 5.18. The van der Waals surface area contributed by atoms with Crippen LogP contribution in [0, 0.1) is 5.92 Å². The Kier molecular flexibility index (Phi) is 5.24. The second-order valence-electron chi connectivity index (χ2n) is 8.45. The number of anilines is 2. The lowest BCUT2D eigenvalue weighted by molar-refractivity contribution is 0.236. The van der Waals surface area contributed by atoms with Gasteiger partial charge in [0.25, 0.3) is 0 Å². The average molecular weight is 423 g/mol. The molecule has 10 heteroatoms. The monoisotopic (exact) mass is 423 g/mol. The zero-order valence-corrected chi connectivity index (χ0v) is 17.6. The van der Waals surface area contributed by atoms with Gasteiger partial charge < -0.3 is 20.7 Å². The lowest BCUT2D eigenvalue weighted by atomic mass is 9.92. The smallest absolute Gasteiger partial charge is 0.326 e. The van der Waals surface area contributed by atoms with Gasteiger partial charge in [0.1, 0.15) is 12.0 Å². The van der Waals surface area contributed by atoms with E-state index in [1.165, 1.54) is 6.34 Å². The van der Waals surface area contributed by atoms with Crippen LogP contribution in [0.2, 0.25) is 0 Å². The average Bonchev–Trinajstić information content (AvgIpc) is 3.33. The number of aliphatic hydroxyl groups excluding tert-OH is 1. The molecule has 0 fully saturated rings. The van der Waals surface area contributed by atoms with E-state index in [0.717, 1.165) is 16.8 Å². The van der Waals surface area contributed by atoms with Gasteiger partial charge in [-0.15, -0.1) is 0 Å². The standard InChI is InChI=1S/C21H25N7O3/c1-21(2,3)15-8-16(31-27-15)26-20(30)25-14-6-4-12(5-7-14)17-13(10-29)9-28-18(17)19(22)23-11-24-28/h4-8,11,13,29H,9-10H2,1-3H3,(H2,22,23,24)(H2,25,26,30). The van der Waals surface area contributed by atoms with Crippen LogP contribution in [0.3, 0.4) is 0 Å². The maximum atomic E-state index is 12.3. The van der Waals surface area contributed by atoms with Crippen molar-refractivity contribution >= 4 is 35.3 Å². The highest BCUT2D eigenvalue weighted by Gasteiger charge is 2.35. The lowest BCUT2D eigenvalue weighted by Gasteiger charge is -2.18. The number of hydrogen-bond donors (Lipinski definition) is 4. The van der Waals surface area contributed by atoms with Gasteiger partial charge in [-0.05, 0) is 23.3 Å². The minimum Gasteiger partial charge on any atom is -0.396 e. The number of aliphatic hydroxyl groups is 1. The normalized spacial score (nSPS) is 18.1. The molecule has 0 aliphatic carbocycles. The number of hydrogen-bond acceptors (Lipinski definition) is 8. The van der Waals surface area contributed by atoms with Crippen LogP contribution in [-0.4, -0.2) is 46.6 Å². The molecule has 0 spiro atoms. The molecule has 3 heterocycles. The fourth-order valence-electron chi connectivity index (χ4n) is 3.53. The number of nitrogens with two attached hydrogens (primary N) is 1. The summed E-state index contributed by atoms with van der Waals surface area (Å²) in [4.78, 5) is 16.4. The fourth-order valence-corrected chi connectivity index (χ4v) is 3.53. The summed E-state index contributed by atoms with van der Waals surface area (Å²) in [6, 6.07) is 8.55. The first-order valence-corrected chi connectivity index (χ1v) is 9.90. The van der Waals surface area contributed by atoms with Gasteiger partial charge in [-0.3, -0.25) is 10.3 Å². The summed E-state index contributed by atoms with van der Waals surface area (Å²) in [5.41, 5.74) is 9.70. The number of nitrogens with zero attached hydrogens (tertiary/aromatic N) is 4. The Labute approximate surface area is 179 Å². The van der Waals surface area contributed by atoms with Crippen molar-refractivity contribution in [2.45, 2.75) is 26.2 Å². The molecule has 2 aromatic rings. The van der Waals surface area contributed by atoms with Crippen LogP contribution in [0.15, 0.2) is 50.6 Å². The first-order chi connectivity index (χ1) is 14.8. The third-order valence-electron chi connectivity index (χ3n) is 5.13. The second kappa shape index (κ2) is 7.88. The van der Waals surface area contributed by atoms with E-state index in [1.54, 1.807) is 23.2 Å². The molecule has 2 aliphatic heterocycles. The number of amidine groups is 1. The quantitative estimate of drug-likeness (QED) is 0.595. The summed E-state index contributed by atoms with van der Waals surface area (Å²) in [6.45, 7) is 6.53. The van der Waals surface area contributed by atoms with Crippen LogP contribution in [0.4, 0.5) is 16.4 Å². The van der Waals surface area contributed by atoms with Crippen LogP contribution in [0.25, 0.3) is 5.57 Å². The molecule has 1 aromatic heterocycles. The molecule has 0 radical (unpaired) electrons. The summed E-state index contributed by atoms with van der Waals surface area (Å²) in [6.07, 6.45) is 1.40. The minimum absolute atomic E-state index is 0.0335. The van der Waals surface area contributed by atoms with Crippen LogP contribution in [0.5, 0.6) is 0 Å². The molecule has 0 bridgehead atoms. The van der Waals surface area contributed by atoms with Gasteiger partial charge in [0.05, 0.1) is 18.8 Å². The Hall–Kier alpha value is -3.66. The Morgan fingerprint density at radius 3 is 2.68 bits per heavy atom. The first-order valence-electron chi connectivity index (χ1n) is 9.90. The number of aromatic nitrogens is 1. The van der Waals surface area contributed by atoms with Crippen LogP contribution in [0.1, 0.15) is 32.0 Å². The number of amides is 2. The van der Waals surface area contributed by atoms with Crippen LogP contribution < -0.4 is 16.4 Å². The highest BCUT2D eigenvalue weighted by molar-refractivity contribution is 6.08. The molecule has 10 nitrogen and oxygen atoms in total. The fraction of sp³-hybridized carbons (Fsp3) is 0.333. The second-order valence-corrected chi connectivity index (χ2v) is 8.45. The van der Waals surface area contributed by atoms with E-state index >= 15 is 0 Å². The van der Waals surface area contributed by atoms with Crippen LogP contribution >= 0.6 is 0 Å². The topological polar surface area (TPSA) is 141 Å². The van der Waals surface area contributed by atoms with E-state index in [1.807, 2.05) is 32.9 Å². The van der Waals surface area contributed by atoms with Crippen molar-refractivity contribution in [3.63, 3.8) is 0 Å². The number of nitrogens with one attached hydrogen (secondary N) is 2. The van der Waals surface area contributed by atoms with E-state index < -0.39 is 6.03 Å². The van der Waals surface area contributed by atoms with E-state index in [-0.39, 0.29) is 23.8 Å². The van der Waals surface area contributed by atoms with E-state index in [2.05, 4.69) is 25.9 Å². The summed E-state index contributed by atoms with van der Waals surface area (Å²) in [5, 5.41) is 25.2. The largest absolute Gasteiger partial charge is 0.396 e. The zero-order chi connectivity index (χ0) is 22.2. The maximum absolute atomic E-state index is 12.3. The maximum Gasteiger partial charge on any atom is 0.326 e. The summed E-state index contributed by atoms with van der Waals surface area (Å²) in [5.74, 6) is 0.504. The van der Waals surface area contributed by atoms with Crippen molar-refractivity contribution < 1.29 is 14.4 Å². The Bertz CT molecular complexity index is 1080. The Balaban J connectivity index is 1.48. The predicted molar refractivity (Wildman–Crippen MR) is 119 cm³/mol. The molecule has 1 unspecified atom stereocenters. The molecule has 5 N–H and O–H groups in total. The third kappa shape index (κ3) is 4.15. The molecule has 2 amide bonds. The minimum atomic E-state index is -0.440. The van der Waals surface area contributed by atoms with Crippen molar-refractivity contribution in [3.05, 3.63) is 47.3 Å². The van der Waals surface area contributed by atoms with Gasteiger partial charge in [-0.25, -0.2) is 9.79 Å². The molecule has 162 valence electrons. The zero-order valence-electron chi connectivity index (χ0n) is 17.6. The molecular weight excluding hydrogens is 398 g/mol. The van der Waals surface area contributed by atoms with Crippen molar-refractivity contribution in [2.24, 2.45) is 21.7 Å². The summed E-state index contributed by atoms with van der Waals surface area (Å²) >= 11 is 0. The predicted octanol–water partition coefficient (Wildman–Crippen LogP) is 2.57. The molecule has 4 rings (SSSR count). The number of carbonyl (C=O) groups excluding carboxylic acids is 1. The number of urea groups is 1. The van der Waals surface area contributed by atoms with Gasteiger partial charge in [-0.2, -0.15) is 5.10 Å². The van der Waals surface area contributed by atoms with Gasteiger partial charge in [0.15, 0.2) is 5.84 Å². The molecular formula is C21H25N7O3. The number of rotatable bonds is 4.